The van der Waals surface area contributed by atoms with Crippen LogP contribution in [0.25, 0.3) is 0 Å². The molecule has 1 unspecified atom stereocenters. The molecule has 3 heterocycles. The lowest BCUT2D eigenvalue weighted by molar-refractivity contribution is 0.116. The lowest BCUT2D eigenvalue weighted by Crippen LogP contribution is -2.51. The van der Waals surface area contributed by atoms with Gasteiger partial charge in [-0.1, -0.05) is 36.4 Å². The summed E-state index contributed by atoms with van der Waals surface area (Å²) in [5, 5.41) is 0. The molecule has 23 heavy (non-hydrogen) atoms. The fourth-order valence-corrected chi connectivity index (χ4v) is 3.46. The van der Waals surface area contributed by atoms with Crippen molar-refractivity contribution in [2.24, 2.45) is 0 Å². The summed E-state index contributed by atoms with van der Waals surface area (Å²) in [5.74, 6) is 0.751. The lowest BCUT2D eigenvalue weighted by atomic mass is 10.1. The number of fused-ring (bicyclic) bond motifs is 1. The molecule has 0 saturated carbocycles. The van der Waals surface area contributed by atoms with Crippen molar-refractivity contribution in [3.8, 4) is 0 Å². The smallest absolute Gasteiger partial charge is 0.317 e. The molecule has 2 amide bonds. The molecule has 5 nitrogen and oxygen atoms in total. The summed E-state index contributed by atoms with van der Waals surface area (Å²) in [5.41, 5.74) is 1.33. The quantitative estimate of drug-likeness (QED) is 0.873. The fourth-order valence-electron chi connectivity index (χ4n) is 3.46. The number of carbonyl (C=O) groups is 1. The molecule has 2 aliphatic heterocycles. The molecule has 0 radical (unpaired) electrons. The van der Waals surface area contributed by atoms with Crippen molar-refractivity contribution >= 4 is 11.8 Å². The van der Waals surface area contributed by atoms with Crippen molar-refractivity contribution in [1.29, 1.82) is 0 Å². The fraction of sp³-hybridized carbons (Fsp3) is 0.333. The molecular formula is C18H20N4O. The van der Waals surface area contributed by atoms with Gasteiger partial charge in [-0.15, -0.1) is 0 Å². The zero-order chi connectivity index (χ0) is 15.6. The maximum Gasteiger partial charge on any atom is 0.326 e. The molecule has 0 spiro atoms. The molecule has 1 aromatic carbocycles. The van der Waals surface area contributed by atoms with Crippen LogP contribution in [-0.4, -0.2) is 53.0 Å². The van der Waals surface area contributed by atoms with Crippen LogP contribution in [0.2, 0.25) is 0 Å². The summed E-state index contributed by atoms with van der Waals surface area (Å²) in [7, 11) is 0. The Morgan fingerprint density at radius 2 is 1.83 bits per heavy atom. The molecule has 5 heteroatoms. The zero-order valence-electron chi connectivity index (χ0n) is 13.0. The van der Waals surface area contributed by atoms with Crippen molar-refractivity contribution in [3.05, 3.63) is 60.3 Å². The van der Waals surface area contributed by atoms with E-state index >= 15 is 0 Å². The highest BCUT2D eigenvalue weighted by atomic mass is 16.2. The molecule has 2 fully saturated rings. The van der Waals surface area contributed by atoms with E-state index < -0.39 is 0 Å². The number of anilines is 1. The second-order valence-corrected chi connectivity index (χ2v) is 6.15. The number of hydrogen-bond donors (Lipinski definition) is 0. The molecule has 4 rings (SSSR count). The van der Waals surface area contributed by atoms with Gasteiger partial charge in [0.25, 0.3) is 0 Å². The normalized spacial score (nSPS) is 21.6. The third kappa shape index (κ3) is 2.80. The molecule has 0 bridgehead atoms. The number of rotatable bonds is 3. The molecule has 0 aliphatic carbocycles. The number of urea groups is 1. The minimum absolute atomic E-state index is 0.0908. The minimum atomic E-state index is 0.0908. The topological polar surface area (TPSA) is 39.7 Å². The van der Waals surface area contributed by atoms with Crippen molar-refractivity contribution in [3.63, 3.8) is 0 Å². The average molecular weight is 308 g/mol. The number of piperazine rings is 1. The minimum Gasteiger partial charge on any atom is -0.317 e. The maximum absolute atomic E-state index is 12.6. The average Bonchev–Trinajstić information content (AvgIpc) is 2.93. The van der Waals surface area contributed by atoms with E-state index in [4.69, 9.17) is 0 Å². The highest BCUT2D eigenvalue weighted by molar-refractivity contribution is 5.93. The number of benzene rings is 1. The van der Waals surface area contributed by atoms with Gasteiger partial charge in [0.05, 0.1) is 12.6 Å². The van der Waals surface area contributed by atoms with E-state index in [0.29, 0.717) is 0 Å². The number of amides is 2. The highest BCUT2D eigenvalue weighted by Crippen LogP contribution is 2.25. The third-order valence-corrected chi connectivity index (χ3v) is 4.61. The van der Waals surface area contributed by atoms with E-state index in [0.717, 1.165) is 38.5 Å². The first-order valence-electron chi connectivity index (χ1n) is 8.07. The maximum atomic E-state index is 12.6. The standard InChI is InChI=1S/C18H20N4O/c23-18-21-11-10-20(12-15-6-2-1-3-7-15)13-16(21)14-22(18)17-8-4-5-9-19-17/h1-9,16H,10-14H2. The van der Waals surface area contributed by atoms with Gasteiger partial charge < -0.3 is 4.90 Å². The predicted octanol–water partition coefficient (Wildman–Crippen LogP) is 2.21. The van der Waals surface area contributed by atoms with Gasteiger partial charge in [0.15, 0.2) is 0 Å². The van der Waals surface area contributed by atoms with Gasteiger partial charge in [0, 0.05) is 32.4 Å². The van der Waals surface area contributed by atoms with Crippen LogP contribution in [-0.2, 0) is 6.54 Å². The van der Waals surface area contributed by atoms with E-state index in [9.17, 15) is 4.79 Å². The lowest BCUT2D eigenvalue weighted by Gasteiger charge is -2.36. The SMILES string of the molecule is O=C1N(c2ccccn2)CC2CN(Cc3ccccc3)CCN12. The van der Waals surface area contributed by atoms with Gasteiger partial charge in [-0.2, -0.15) is 0 Å². The molecule has 1 atom stereocenters. The Morgan fingerprint density at radius 3 is 2.61 bits per heavy atom. The second kappa shape index (κ2) is 6.01. The molecule has 0 N–H and O–H groups in total. The zero-order valence-corrected chi connectivity index (χ0v) is 13.0. The van der Waals surface area contributed by atoms with E-state index in [1.165, 1.54) is 5.56 Å². The van der Waals surface area contributed by atoms with Gasteiger partial charge in [0.1, 0.15) is 5.82 Å². The summed E-state index contributed by atoms with van der Waals surface area (Å²) in [6.07, 6.45) is 1.74. The van der Waals surface area contributed by atoms with E-state index in [2.05, 4.69) is 34.1 Å². The summed E-state index contributed by atoms with van der Waals surface area (Å²) in [6, 6.07) is 16.6. The molecule has 118 valence electrons. The van der Waals surface area contributed by atoms with Crippen LogP contribution in [0.15, 0.2) is 54.7 Å². The first-order chi connectivity index (χ1) is 11.3. The van der Waals surface area contributed by atoms with Crippen LogP contribution >= 0.6 is 0 Å². The van der Waals surface area contributed by atoms with E-state index in [1.54, 1.807) is 11.1 Å². The van der Waals surface area contributed by atoms with Crippen molar-refractivity contribution in [1.82, 2.24) is 14.8 Å². The number of pyridine rings is 1. The number of hydrogen-bond acceptors (Lipinski definition) is 3. The summed E-state index contributed by atoms with van der Waals surface area (Å²) < 4.78 is 0. The van der Waals surface area contributed by atoms with Crippen LogP contribution in [0.3, 0.4) is 0 Å². The Labute approximate surface area is 136 Å². The first kappa shape index (κ1) is 14.2. The van der Waals surface area contributed by atoms with Crippen LogP contribution < -0.4 is 4.90 Å². The van der Waals surface area contributed by atoms with Crippen LogP contribution in [0, 0.1) is 0 Å². The van der Waals surface area contributed by atoms with E-state index in [1.807, 2.05) is 29.2 Å². The summed E-state index contributed by atoms with van der Waals surface area (Å²) >= 11 is 0. The number of aromatic nitrogens is 1. The molecule has 2 aliphatic rings. The Hall–Kier alpha value is -2.40. The molecule has 2 aromatic rings. The van der Waals surface area contributed by atoms with Crippen LogP contribution in [0.1, 0.15) is 5.56 Å². The van der Waals surface area contributed by atoms with Gasteiger partial charge in [-0.25, -0.2) is 9.78 Å². The second-order valence-electron chi connectivity index (χ2n) is 6.15. The summed E-state index contributed by atoms with van der Waals surface area (Å²) in [4.78, 5) is 23.2. The Morgan fingerprint density at radius 1 is 1.00 bits per heavy atom. The first-order valence-corrected chi connectivity index (χ1v) is 8.07. The number of carbonyl (C=O) groups excluding carboxylic acids is 1. The monoisotopic (exact) mass is 308 g/mol. The van der Waals surface area contributed by atoms with Gasteiger partial charge in [-0.3, -0.25) is 9.80 Å². The van der Waals surface area contributed by atoms with Crippen molar-refractivity contribution in [2.75, 3.05) is 31.1 Å². The highest BCUT2D eigenvalue weighted by Gasteiger charge is 2.41. The Bertz CT molecular complexity index is 676. The molecule has 1 aromatic heterocycles. The van der Waals surface area contributed by atoms with Crippen LogP contribution in [0.5, 0.6) is 0 Å². The summed E-state index contributed by atoms with van der Waals surface area (Å²) in [6.45, 7) is 4.31. The Balaban J connectivity index is 1.45. The molecule has 2 saturated heterocycles. The third-order valence-electron chi connectivity index (χ3n) is 4.61. The van der Waals surface area contributed by atoms with Gasteiger partial charge >= 0.3 is 6.03 Å². The largest absolute Gasteiger partial charge is 0.326 e. The van der Waals surface area contributed by atoms with Gasteiger partial charge in [0.2, 0.25) is 0 Å². The number of nitrogens with zero attached hydrogens (tertiary/aromatic N) is 4. The van der Waals surface area contributed by atoms with Gasteiger partial charge in [-0.05, 0) is 17.7 Å². The molecular weight excluding hydrogens is 288 g/mol. The van der Waals surface area contributed by atoms with Crippen molar-refractivity contribution < 1.29 is 4.79 Å². The van der Waals surface area contributed by atoms with Crippen LogP contribution in [0.4, 0.5) is 10.6 Å². The van der Waals surface area contributed by atoms with Crippen molar-refractivity contribution in [2.45, 2.75) is 12.6 Å². The van der Waals surface area contributed by atoms with E-state index in [-0.39, 0.29) is 12.1 Å². The predicted molar refractivity (Wildman–Crippen MR) is 89.2 cm³/mol. The Kier molecular flexibility index (Phi) is 3.71.